The van der Waals surface area contributed by atoms with E-state index in [9.17, 15) is 14.4 Å². The zero-order valence-corrected chi connectivity index (χ0v) is 16.5. The average Bonchev–Trinajstić information content (AvgIpc) is 3.30. The summed E-state index contributed by atoms with van der Waals surface area (Å²) >= 11 is 1.61. The molecule has 0 spiro atoms. The molecule has 0 unspecified atom stereocenters. The van der Waals surface area contributed by atoms with Crippen LogP contribution in [0.3, 0.4) is 0 Å². The number of carbonyl (C=O) groups excluding carboxylic acids is 3. The second-order valence-corrected chi connectivity index (χ2v) is 7.88. The van der Waals surface area contributed by atoms with Gasteiger partial charge in [-0.2, -0.15) is 0 Å². The Balaban J connectivity index is 1.30. The maximum Gasteiger partial charge on any atom is 0.299 e. The van der Waals surface area contributed by atoms with Crippen LogP contribution >= 0.6 is 11.3 Å². The van der Waals surface area contributed by atoms with Gasteiger partial charge in [-0.1, -0.05) is 24.3 Å². The molecule has 7 heteroatoms. The molecule has 0 fully saturated rings. The van der Waals surface area contributed by atoms with Crippen LogP contribution in [0.4, 0.5) is 11.4 Å². The first-order chi connectivity index (χ1) is 14.6. The SMILES string of the molecule is O=C(CN1C(=O)C(=O)c2ccccc21)Nc1ccc(-c2nc3ccccc3s2)cc1. The smallest absolute Gasteiger partial charge is 0.299 e. The molecule has 146 valence electrons. The number of ketones is 1. The van der Waals surface area contributed by atoms with E-state index in [4.69, 9.17) is 0 Å². The number of nitrogens with zero attached hydrogens (tertiary/aromatic N) is 2. The van der Waals surface area contributed by atoms with E-state index >= 15 is 0 Å². The highest BCUT2D eigenvalue weighted by atomic mass is 32.1. The normalized spacial score (nSPS) is 13.0. The predicted octanol–water partition coefficient (Wildman–Crippen LogP) is 4.13. The van der Waals surface area contributed by atoms with Crippen molar-refractivity contribution in [2.75, 3.05) is 16.8 Å². The van der Waals surface area contributed by atoms with Crippen molar-refractivity contribution in [3.8, 4) is 10.6 Å². The molecule has 1 aromatic heterocycles. The van der Waals surface area contributed by atoms with Crippen LogP contribution < -0.4 is 10.2 Å². The zero-order valence-electron chi connectivity index (χ0n) is 15.7. The molecule has 6 nitrogen and oxygen atoms in total. The van der Waals surface area contributed by atoms with Crippen LogP contribution in [0, 0.1) is 0 Å². The van der Waals surface area contributed by atoms with Crippen LogP contribution in [0.15, 0.2) is 72.8 Å². The van der Waals surface area contributed by atoms with Crippen molar-refractivity contribution < 1.29 is 14.4 Å². The number of nitrogens with one attached hydrogen (secondary N) is 1. The number of fused-ring (bicyclic) bond motifs is 2. The Morgan fingerprint density at radius 3 is 2.47 bits per heavy atom. The second kappa shape index (κ2) is 7.20. The van der Waals surface area contributed by atoms with Crippen molar-refractivity contribution in [2.45, 2.75) is 0 Å². The molecule has 3 aromatic carbocycles. The predicted molar refractivity (Wildman–Crippen MR) is 117 cm³/mol. The lowest BCUT2D eigenvalue weighted by Crippen LogP contribution is -2.37. The van der Waals surface area contributed by atoms with Gasteiger partial charge in [0.05, 0.1) is 21.5 Å². The molecule has 30 heavy (non-hydrogen) atoms. The first kappa shape index (κ1) is 18.2. The van der Waals surface area contributed by atoms with Crippen LogP contribution in [0.2, 0.25) is 0 Å². The lowest BCUT2D eigenvalue weighted by atomic mass is 10.1. The third-order valence-electron chi connectivity index (χ3n) is 4.89. The van der Waals surface area contributed by atoms with E-state index in [-0.39, 0.29) is 12.5 Å². The number of thiazole rings is 1. The zero-order chi connectivity index (χ0) is 20.7. The van der Waals surface area contributed by atoms with Crippen molar-refractivity contribution in [1.29, 1.82) is 0 Å². The summed E-state index contributed by atoms with van der Waals surface area (Å²) in [6.45, 7) is -0.221. The number of benzene rings is 3. The van der Waals surface area contributed by atoms with Gasteiger partial charge >= 0.3 is 0 Å². The number of aromatic nitrogens is 1. The van der Waals surface area contributed by atoms with E-state index in [0.717, 1.165) is 20.8 Å². The summed E-state index contributed by atoms with van der Waals surface area (Å²) in [4.78, 5) is 42.6. The molecule has 0 saturated carbocycles. The number of anilines is 2. The minimum atomic E-state index is -0.683. The quantitative estimate of drug-likeness (QED) is 0.510. The molecule has 1 aliphatic rings. The van der Waals surface area contributed by atoms with Crippen LogP contribution in [-0.2, 0) is 9.59 Å². The molecule has 4 aromatic rings. The highest BCUT2D eigenvalue weighted by Crippen LogP contribution is 2.31. The highest BCUT2D eigenvalue weighted by molar-refractivity contribution is 7.21. The Labute approximate surface area is 175 Å². The summed E-state index contributed by atoms with van der Waals surface area (Å²) in [5.74, 6) is -1.64. The molecule has 1 N–H and O–H groups in total. The molecule has 2 heterocycles. The maximum atomic E-state index is 12.5. The van der Waals surface area contributed by atoms with Gasteiger partial charge in [-0.15, -0.1) is 11.3 Å². The number of amides is 2. The first-order valence-corrected chi connectivity index (χ1v) is 10.1. The van der Waals surface area contributed by atoms with E-state index in [1.165, 1.54) is 4.90 Å². The lowest BCUT2D eigenvalue weighted by Gasteiger charge is -2.16. The van der Waals surface area contributed by atoms with Gasteiger partial charge in [-0.25, -0.2) is 4.98 Å². The minimum Gasteiger partial charge on any atom is -0.325 e. The van der Waals surface area contributed by atoms with Gasteiger partial charge < -0.3 is 5.32 Å². The molecule has 2 amide bonds. The largest absolute Gasteiger partial charge is 0.325 e. The van der Waals surface area contributed by atoms with E-state index in [0.29, 0.717) is 16.9 Å². The number of para-hydroxylation sites is 2. The third kappa shape index (κ3) is 3.15. The summed E-state index contributed by atoms with van der Waals surface area (Å²) in [5, 5.41) is 3.69. The molecule has 5 rings (SSSR count). The first-order valence-electron chi connectivity index (χ1n) is 9.31. The minimum absolute atomic E-state index is 0.221. The molecule has 0 saturated heterocycles. The standard InChI is InChI=1S/C23H15N3O3S/c27-20(13-26-18-7-3-1-5-16(18)21(28)23(26)29)24-15-11-9-14(10-12-15)22-25-17-6-2-4-8-19(17)30-22/h1-12H,13H2,(H,24,27). The number of hydrogen-bond donors (Lipinski definition) is 1. The highest BCUT2D eigenvalue weighted by Gasteiger charge is 2.36. The van der Waals surface area contributed by atoms with Gasteiger partial charge in [-0.05, 0) is 48.5 Å². The molecule has 0 aliphatic carbocycles. The molecule has 1 aliphatic heterocycles. The number of Topliss-reactive ketones (excluding diaryl/α,β-unsaturated/α-hetero) is 1. The Morgan fingerprint density at radius 2 is 1.67 bits per heavy atom. The molecular weight excluding hydrogens is 398 g/mol. The van der Waals surface area contributed by atoms with Crippen LogP contribution in [0.1, 0.15) is 10.4 Å². The summed E-state index contributed by atoms with van der Waals surface area (Å²) in [7, 11) is 0. The Kier molecular flexibility index (Phi) is 4.37. The number of carbonyl (C=O) groups is 3. The second-order valence-electron chi connectivity index (χ2n) is 6.85. The summed E-state index contributed by atoms with van der Waals surface area (Å²) in [5.41, 5.74) is 3.32. The maximum absolute atomic E-state index is 12.5. The van der Waals surface area contributed by atoms with Gasteiger partial charge in [-0.3, -0.25) is 19.3 Å². The molecule has 0 bridgehead atoms. The Bertz CT molecular complexity index is 1280. The van der Waals surface area contributed by atoms with E-state index in [1.807, 2.05) is 36.4 Å². The fraction of sp³-hybridized carbons (Fsp3) is 0.0435. The fourth-order valence-electron chi connectivity index (χ4n) is 3.44. The Hall–Kier alpha value is -3.84. The topological polar surface area (TPSA) is 79.4 Å². The lowest BCUT2D eigenvalue weighted by molar-refractivity contribution is -0.118. The molecule has 0 radical (unpaired) electrons. The monoisotopic (exact) mass is 413 g/mol. The van der Waals surface area contributed by atoms with Gasteiger partial charge in [0.15, 0.2) is 0 Å². The van der Waals surface area contributed by atoms with E-state index < -0.39 is 11.7 Å². The van der Waals surface area contributed by atoms with Gasteiger partial charge in [0.25, 0.3) is 11.7 Å². The fourth-order valence-corrected chi connectivity index (χ4v) is 4.41. The summed E-state index contributed by atoms with van der Waals surface area (Å²) in [6.07, 6.45) is 0. The van der Waals surface area contributed by atoms with Gasteiger partial charge in [0, 0.05) is 11.3 Å². The summed E-state index contributed by atoms with van der Waals surface area (Å²) < 4.78 is 1.12. The van der Waals surface area contributed by atoms with E-state index in [1.54, 1.807) is 47.7 Å². The van der Waals surface area contributed by atoms with Crippen molar-refractivity contribution in [2.24, 2.45) is 0 Å². The van der Waals surface area contributed by atoms with Crippen LogP contribution in [0.5, 0.6) is 0 Å². The van der Waals surface area contributed by atoms with Gasteiger partial charge in [0.1, 0.15) is 11.6 Å². The number of hydrogen-bond acceptors (Lipinski definition) is 5. The van der Waals surface area contributed by atoms with Crippen molar-refractivity contribution >= 4 is 50.5 Å². The average molecular weight is 413 g/mol. The summed E-state index contributed by atoms with van der Waals surface area (Å²) in [6, 6.07) is 22.0. The van der Waals surface area contributed by atoms with Crippen molar-refractivity contribution in [3.05, 3.63) is 78.4 Å². The Morgan fingerprint density at radius 1 is 0.933 bits per heavy atom. The number of rotatable bonds is 4. The van der Waals surface area contributed by atoms with E-state index in [2.05, 4.69) is 10.3 Å². The van der Waals surface area contributed by atoms with Crippen LogP contribution in [-0.4, -0.2) is 29.1 Å². The van der Waals surface area contributed by atoms with Crippen molar-refractivity contribution in [3.63, 3.8) is 0 Å². The van der Waals surface area contributed by atoms with Crippen molar-refractivity contribution in [1.82, 2.24) is 4.98 Å². The molecular formula is C23H15N3O3S. The third-order valence-corrected chi connectivity index (χ3v) is 5.98. The van der Waals surface area contributed by atoms with Gasteiger partial charge in [0.2, 0.25) is 5.91 Å². The molecule has 0 atom stereocenters. The van der Waals surface area contributed by atoms with Crippen LogP contribution in [0.25, 0.3) is 20.8 Å².